The quantitative estimate of drug-likeness (QED) is 0.804. The summed E-state index contributed by atoms with van der Waals surface area (Å²) in [5.41, 5.74) is 0.636. The lowest BCUT2D eigenvalue weighted by molar-refractivity contribution is 0.532. The number of rotatable bonds is 2. The van der Waals surface area contributed by atoms with Crippen LogP contribution >= 0.6 is 0 Å². The molecule has 0 spiro atoms. The molecule has 19 heavy (non-hydrogen) atoms. The van der Waals surface area contributed by atoms with Crippen LogP contribution in [-0.2, 0) is 23.6 Å². The van der Waals surface area contributed by atoms with Crippen LogP contribution in [0, 0.1) is 6.92 Å². The molecule has 0 radical (unpaired) electrons. The van der Waals surface area contributed by atoms with Gasteiger partial charge in [-0.2, -0.15) is 10.2 Å². The molecule has 0 saturated heterocycles. The third-order valence-electron chi connectivity index (χ3n) is 3.44. The summed E-state index contributed by atoms with van der Waals surface area (Å²) in [4.78, 5) is 0.254. The van der Waals surface area contributed by atoms with Crippen molar-refractivity contribution >= 4 is 15.8 Å². The molecule has 0 unspecified atom stereocenters. The summed E-state index contributed by atoms with van der Waals surface area (Å²) in [6, 6.07) is 1.72. The van der Waals surface area contributed by atoms with Gasteiger partial charge in [0.1, 0.15) is 10.7 Å². The summed E-state index contributed by atoms with van der Waals surface area (Å²) in [5, 5.41) is 8.14. The van der Waals surface area contributed by atoms with Gasteiger partial charge in [-0.15, -0.1) is 0 Å². The second kappa shape index (κ2) is 4.09. The summed E-state index contributed by atoms with van der Waals surface area (Å²) in [7, 11) is -1.84. The molecule has 0 aliphatic carbocycles. The molecule has 8 heteroatoms. The molecule has 1 aliphatic heterocycles. The summed E-state index contributed by atoms with van der Waals surface area (Å²) >= 11 is 0. The third kappa shape index (κ3) is 1.74. The van der Waals surface area contributed by atoms with E-state index >= 15 is 0 Å². The molecule has 0 atom stereocenters. The standard InChI is InChI=1S/C11H15N5O2S/c1-9-10(8-13-14(9)2)19(17,18)16-7-3-6-15-11(16)4-5-12-15/h4-5,8H,3,6-7H2,1-2H3. The van der Waals surface area contributed by atoms with Gasteiger partial charge in [-0.3, -0.25) is 4.68 Å². The highest BCUT2D eigenvalue weighted by Crippen LogP contribution is 2.28. The number of sulfonamides is 1. The molecular weight excluding hydrogens is 266 g/mol. The molecule has 0 aromatic carbocycles. The first-order valence-corrected chi connectivity index (χ1v) is 7.49. The van der Waals surface area contributed by atoms with E-state index in [2.05, 4.69) is 10.2 Å². The van der Waals surface area contributed by atoms with Crippen molar-refractivity contribution in [2.75, 3.05) is 10.8 Å². The summed E-state index contributed by atoms with van der Waals surface area (Å²) in [5.74, 6) is 0.620. The molecule has 7 nitrogen and oxygen atoms in total. The molecule has 1 aliphatic rings. The fourth-order valence-corrected chi connectivity index (χ4v) is 3.98. The maximum absolute atomic E-state index is 12.7. The Labute approximate surface area is 111 Å². The zero-order valence-corrected chi connectivity index (χ0v) is 11.6. The molecule has 0 N–H and O–H groups in total. The van der Waals surface area contributed by atoms with E-state index < -0.39 is 10.0 Å². The fraction of sp³-hybridized carbons (Fsp3) is 0.455. The van der Waals surface area contributed by atoms with Crippen LogP contribution in [-0.4, -0.2) is 34.5 Å². The highest BCUT2D eigenvalue weighted by molar-refractivity contribution is 7.92. The van der Waals surface area contributed by atoms with Gasteiger partial charge in [0.2, 0.25) is 0 Å². The lowest BCUT2D eigenvalue weighted by Gasteiger charge is -2.28. The van der Waals surface area contributed by atoms with Crippen molar-refractivity contribution in [3.63, 3.8) is 0 Å². The Hall–Kier alpha value is -1.83. The molecule has 2 aromatic rings. The number of aromatic nitrogens is 4. The van der Waals surface area contributed by atoms with Crippen molar-refractivity contribution in [2.24, 2.45) is 7.05 Å². The van der Waals surface area contributed by atoms with Crippen LogP contribution < -0.4 is 4.31 Å². The van der Waals surface area contributed by atoms with Crippen molar-refractivity contribution in [3.05, 3.63) is 24.2 Å². The summed E-state index contributed by atoms with van der Waals surface area (Å²) in [6.07, 6.45) is 3.78. The van der Waals surface area contributed by atoms with Gasteiger partial charge in [0, 0.05) is 26.2 Å². The van der Waals surface area contributed by atoms with Crippen LogP contribution in [0.5, 0.6) is 0 Å². The second-order valence-electron chi connectivity index (χ2n) is 4.56. The number of hydrogen-bond donors (Lipinski definition) is 0. The first-order chi connectivity index (χ1) is 9.01. The Morgan fingerprint density at radius 1 is 1.26 bits per heavy atom. The number of nitrogens with zero attached hydrogens (tertiary/aromatic N) is 5. The molecule has 3 heterocycles. The van der Waals surface area contributed by atoms with Crippen LogP contribution in [0.1, 0.15) is 12.1 Å². The Balaban J connectivity index is 2.11. The van der Waals surface area contributed by atoms with E-state index in [4.69, 9.17) is 0 Å². The Kier molecular flexibility index (Phi) is 2.63. The van der Waals surface area contributed by atoms with Crippen LogP contribution in [0.2, 0.25) is 0 Å². The van der Waals surface area contributed by atoms with Crippen LogP contribution in [0.25, 0.3) is 0 Å². The SMILES string of the molecule is Cc1c(S(=O)(=O)N2CCCn3nccc32)cnn1C. The van der Waals surface area contributed by atoms with E-state index in [0.29, 0.717) is 18.1 Å². The van der Waals surface area contributed by atoms with Crippen LogP contribution in [0.15, 0.2) is 23.4 Å². The van der Waals surface area contributed by atoms with Gasteiger partial charge in [0.25, 0.3) is 10.0 Å². The molecule has 2 aromatic heterocycles. The first kappa shape index (κ1) is 12.2. The molecule has 3 rings (SSSR count). The average Bonchev–Trinajstić information content (AvgIpc) is 2.97. The van der Waals surface area contributed by atoms with Crippen molar-refractivity contribution in [3.8, 4) is 0 Å². The molecule has 0 amide bonds. The summed E-state index contributed by atoms with van der Waals surface area (Å²) in [6.45, 7) is 2.98. The fourth-order valence-electron chi connectivity index (χ4n) is 2.28. The predicted octanol–water partition coefficient (Wildman–Crippen LogP) is 0.524. The maximum Gasteiger partial charge on any atom is 0.268 e. The van der Waals surface area contributed by atoms with E-state index in [0.717, 1.165) is 13.0 Å². The largest absolute Gasteiger partial charge is 0.272 e. The molecule has 0 saturated carbocycles. The third-order valence-corrected chi connectivity index (χ3v) is 5.35. The minimum atomic E-state index is -3.57. The van der Waals surface area contributed by atoms with Gasteiger partial charge in [0.15, 0.2) is 0 Å². The van der Waals surface area contributed by atoms with Crippen LogP contribution in [0.3, 0.4) is 0 Å². The number of hydrogen-bond acceptors (Lipinski definition) is 4. The topological polar surface area (TPSA) is 73.0 Å². The van der Waals surface area contributed by atoms with Gasteiger partial charge in [-0.1, -0.05) is 0 Å². The van der Waals surface area contributed by atoms with E-state index in [1.54, 1.807) is 35.6 Å². The van der Waals surface area contributed by atoms with Crippen molar-refractivity contribution in [1.82, 2.24) is 19.6 Å². The van der Waals surface area contributed by atoms with E-state index in [1.807, 2.05) is 0 Å². The number of fused-ring (bicyclic) bond motifs is 1. The van der Waals surface area contributed by atoms with Crippen molar-refractivity contribution < 1.29 is 8.42 Å². The van der Waals surface area contributed by atoms with Gasteiger partial charge in [0.05, 0.1) is 18.1 Å². The monoisotopic (exact) mass is 281 g/mol. The molecule has 0 fully saturated rings. The second-order valence-corrected chi connectivity index (χ2v) is 6.39. The maximum atomic E-state index is 12.7. The Bertz CT molecular complexity index is 715. The zero-order chi connectivity index (χ0) is 13.6. The lowest BCUT2D eigenvalue weighted by Crippen LogP contribution is -2.37. The zero-order valence-electron chi connectivity index (χ0n) is 10.8. The minimum Gasteiger partial charge on any atom is -0.272 e. The van der Waals surface area contributed by atoms with E-state index in [-0.39, 0.29) is 4.90 Å². The molecular formula is C11H15N5O2S. The lowest BCUT2D eigenvalue weighted by atomic mass is 10.3. The Morgan fingerprint density at radius 3 is 2.74 bits per heavy atom. The van der Waals surface area contributed by atoms with Gasteiger partial charge in [-0.05, 0) is 13.3 Å². The first-order valence-electron chi connectivity index (χ1n) is 6.05. The van der Waals surface area contributed by atoms with E-state index in [9.17, 15) is 8.42 Å². The molecule has 102 valence electrons. The summed E-state index contributed by atoms with van der Waals surface area (Å²) < 4.78 is 30.1. The average molecular weight is 281 g/mol. The van der Waals surface area contributed by atoms with Gasteiger partial charge < -0.3 is 0 Å². The van der Waals surface area contributed by atoms with E-state index in [1.165, 1.54) is 10.5 Å². The normalized spacial score (nSPS) is 15.6. The smallest absolute Gasteiger partial charge is 0.268 e. The number of aryl methyl sites for hydroxylation is 2. The van der Waals surface area contributed by atoms with Gasteiger partial charge >= 0.3 is 0 Å². The van der Waals surface area contributed by atoms with Crippen LogP contribution in [0.4, 0.5) is 5.82 Å². The number of anilines is 1. The highest BCUT2D eigenvalue weighted by atomic mass is 32.2. The van der Waals surface area contributed by atoms with Gasteiger partial charge in [-0.25, -0.2) is 17.4 Å². The Morgan fingerprint density at radius 2 is 2.05 bits per heavy atom. The minimum absolute atomic E-state index is 0.254. The van der Waals surface area contributed by atoms with Crippen molar-refractivity contribution in [2.45, 2.75) is 24.8 Å². The highest BCUT2D eigenvalue weighted by Gasteiger charge is 2.32. The molecule has 0 bridgehead atoms. The van der Waals surface area contributed by atoms with Crippen molar-refractivity contribution in [1.29, 1.82) is 0 Å². The predicted molar refractivity (Wildman–Crippen MR) is 69.3 cm³/mol.